The van der Waals surface area contributed by atoms with E-state index < -0.39 is 35.1 Å². The summed E-state index contributed by atoms with van der Waals surface area (Å²) < 4.78 is 0. The number of amides is 2. The van der Waals surface area contributed by atoms with E-state index in [-0.39, 0.29) is 5.91 Å². The van der Waals surface area contributed by atoms with Crippen LogP contribution in [0.3, 0.4) is 0 Å². The van der Waals surface area contributed by atoms with Crippen molar-refractivity contribution in [3.05, 3.63) is 71.4 Å². The maximum absolute atomic E-state index is 13.8. The van der Waals surface area contributed by atoms with E-state index in [1.54, 1.807) is 18.7 Å². The predicted molar refractivity (Wildman–Crippen MR) is 137 cm³/mol. The van der Waals surface area contributed by atoms with Gasteiger partial charge in [0, 0.05) is 42.0 Å². The molecule has 2 aliphatic rings. The minimum Gasteiger partial charge on any atom is -0.389 e. The van der Waals surface area contributed by atoms with Gasteiger partial charge in [-0.2, -0.15) is 0 Å². The highest BCUT2D eigenvalue weighted by atomic mass is 16.3. The van der Waals surface area contributed by atoms with Crippen molar-refractivity contribution in [1.82, 2.24) is 15.2 Å². The molecule has 8 nitrogen and oxygen atoms in total. The molecule has 1 aromatic heterocycles. The Kier molecular flexibility index (Phi) is 6.14. The van der Waals surface area contributed by atoms with E-state index >= 15 is 0 Å². The van der Waals surface area contributed by atoms with E-state index in [9.17, 15) is 19.8 Å². The molecule has 6 N–H and O–H groups in total. The molecule has 36 heavy (non-hydrogen) atoms. The lowest BCUT2D eigenvalue weighted by Crippen LogP contribution is -2.59. The molecule has 1 saturated heterocycles. The smallest absolute Gasteiger partial charge is 0.245 e. The van der Waals surface area contributed by atoms with Gasteiger partial charge in [0.05, 0.1) is 11.6 Å². The first-order chi connectivity index (χ1) is 17.1. The maximum Gasteiger partial charge on any atom is 0.245 e. The molecule has 1 aliphatic carbocycles. The molecule has 0 saturated carbocycles. The third-order valence-electron chi connectivity index (χ3n) is 7.94. The number of H-pyrrole nitrogens is 1. The Balaban J connectivity index is 1.37. The summed E-state index contributed by atoms with van der Waals surface area (Å²) in [7, 11) is 0. The van der Waals surface area contributed by atoms with E-state index in [1.807, 2.05) is 54.7 Å². The van der Waals surface area contributed by atoms with Gasteiger partial charge in [-0.1, -0.05) is 42.5 Å². The Labute approximate surface area is 210 Å². The summed E-state index contributed by atoms with van der Waals surface area (Å²) in [6.07, 6.45) is 1.43. The van der Waals surface area contributed by atoms with E-state index in [2.05, 4.69) is 10.3 Å². The largest absolute Gasteiger partial charge is 0.389 e. The molecule has 5 rings (SSSR count). The number of nitrogens with one attached hydrogen (secondary N) is 2. The van der Waals surface area contributed by atoms with Gasteiger partial charge in [-0.25, -0.2) is 0 Å². The summed E-state index contributed by atoms with van der Waals surface area (Å²) >= 11 is 0. The van der Waals surface area contributed by atoms with Crippen LogP contribution in [0.1, 0.15) is 49.5 Å². The Morgan fingerprint density at radius 3 is 2.53 bits per heavy atom. The van der Waals surface area contributed by atoms with E-state index in [4.69, 9.17) is 5.73 Å². The number of carbonyl (C=O) groups is 2. The van der Waals surface area contributed by atoms with Crippen molar-refractivity contribution in [2.45, 2.75) is 62.3 Å². The van der Waals surface area contributed by atoms with Crippen LogP contribution in [0.25, 0.3) is 10.9 Å². The zero-order valence-electron chi connectivity index (χ0n) is 20.7. The van der Waals surface area contributed by atoms with Crippen LogP contribution in [-0.4, -0.2) is 62.7 Å². The number of aromatic amines is 1. The van der Waals surface area contributed by atoms with Gasteiger partial charge in [0.2, 0.25) is 11.8 Å². The van der Waals surface area contributed by atoms with Gasteiger partial charge in [-0.15, -0.1) is 0 Å². The summed E-state index contributed by atoms with van der Waals surface area (Å²) in [4.78, 5) is 31.6. The second-order valence-corrected chi connectivity index (χ2v) is 10.8. The molecular weight excluding hydrogens is 456 g/mol. The summed E-state index contributed by atoms with van der Waals surface area (Å²) in [5.41, 5.74) is 7.96. The van der Waals surface area contributed by atoms with Crippen LogP contribution in [0.5, 0.6) is 0 Å². The number of carbonyl (C=O) groups excluding carboxylic acids is 2. The third-order valence-corrected chi connectivity index (χ3v) is 7.94. The Morgan fingerprint density at radius 2 is 1.81 bits per heavy atom. The number of hydrogen-bond acceptors (Lipinski definition) is 5. The van der Waals surface area contributed by atoms with Crippen molar-refractivity contribution in [2.24, 2.45) is 5.73 Å². The molecule has 1 aliphatic heterocycles. The molecule has 8 heteroatoms. The highest BCUT2D eigenvalue weighted by Gasteiger charge is 2.52. The van der Waals surface area contributed by atoms with Gasteiger partial charge in [-0.05, 0) is 49.4 Å². The molecule has 2 heterocycles. The lowest BCUT2D eigenvalue weighted by molar-refractivity contribution is -0.139. The number of likely N-dealkylation sites (tertiary alicyclic amines) is 1. The molecule has 2 amide bonds. The number of aliphatic hydroxyl groups excluding tert-OH is 2. The number of benzene rings is 2. The van der Waals surface area contributed by atoms with Crippen LogP contribution in [-0.2, 0) is 21.4 Å². The number of aromatic nitrogens is 1. The summed E-state index contributed by atoms with van der Waals surface area (Å²) in [6, 6.07) is 14.7. The molecule has 2 aromatic carbocycles. The third kappa shape index (κ3) is 4.09. The van der Waals surface area contributed by atoms with Gasteiger partial charge in [-0.3, -0.25) is 9.59 Å². The SMILES string of the molecule is CC(C)(N)C(=O)N[C@H](Cc1c[nH]c2ccccc12)C(=O)N1CCC2(CC1)c1ccccc1C(O)C2O. The number of fused-ring (bicyclic) bond motifs is 3. The highest BCUT2D eigenvalue weighted by Crippen LogP contribution is 2.50. The first-order valence-electron chi connectivity index (χ1n) is 12.5. The maximum atomic E-state index is 13.8. The van der Waals surface area contributed by atoms with Crippen LogP contribution in [0.15, 0.2) is 54.7 Å². The van der Waals surface area contributed by atoms with Crippen LogP contribution >= 0.6 is 0 Å². The minimum atomic E-state index is -1.13. The molecule has 190 valence electrons. The van der Waals surface area contributed by atoms with Crippen molar-refractivity contribution in [2.75, 3.05) is 13.1 Å². The standard InChI is InChI=1S/C28H34N4O4/c1-27(2,29)26(36)31-22(15-17-16-30-21-10-6-4-7-18(17)21)25(35)32-13-11-28(12-14-32)20-9-5-3-8-19(20)23(33)24(28)34/h3-10,16,22-24,30,33-34H,11-15,29H2,1-2H3,(H,31,36)/t22-,23?,24?/m1/s1. The van der Waals surface area contributed by atoms with Crippen LogP contribution < -0.4 is 11.1 Å². The van der Waals surface area contributed by atoms with E-state index in [0.717, 1.165) is 27.6 Å². The lowest BCUT2D eigenvalue weighted by atomic mass is 9.72. The molecule has 1 fully saturated rings. The van der Waals surface area contributed by atoms with Crippen LogP contribution in [0, 0.1) is 0 Å². The van der Waals surface area contributed by atoms with Crippen LogP contribution in [0.4, 0.5) is 0 Å². The first kappa shape index (κ1) is 24.5. The van der Waals surface area contributed by atoms with Gasteiger partial charge in [0.1, 0.15) is 12.1 Å². The fourth-order valence-corrected chi connectivity index (χ4v) is 5.82. The average Bonchev–Trinajstić information content (AvgIpc) is 3.37. The normalized spacial score (nSPS) is 22.0. The fraction of sp³-hybridized carbons (Fsp3) is 0.429. The van der Waals surface area contributed by atoms with E-state index in [0.29, 0.717) is 32.4 Å². The highest BCUT2D eigenvalue weighted by molar-refractivity contribution is 5.92. The second kappa shape index (κ2) is 9.03. The van der Waals surface area contributed by atoms with Crippen molar-refractivity contribution >= 4 is 22.7 Å². The predicted octanol–water partition coefficient (Wildman–Crippen LogP) is 1.90. The minimum absolute atomic E-state index is 0.172. The van der Waals surface area contributed by atoms with Crippen molar-refractivity contribution in [1.29, 1.82) is 0 Å². The topological polar surface area (TPSA) is 132 Å². The molecule has 1 spiro atoms. The van der Waals surface area contributed by atoms with Gasteiger partial charge in [0.25, 0.3) is 0 Å². The number of hydrogen-bond donors (Lipinski definition) is 5. The number of aliphatic hydroxyl groups is 2. The summed E-state index contributed by atoms with van der Waals surface area (Å²) in [5.74, 6) is -0.563. The molecule has 0 bridgehead atoms. The molecule has 2 unspecified atom stereocenters. The van der Waals surface area contributed by atoms with Gasteiger partial charge >= 0.3 is 0 Å². The number of nitrogens with two attached hydrogens (primary N) is 1. The van der Waals surface area contributed by atoms with Gasteiger partial charge < -0.3 is 31.1 Å². The zero-order valence-corrected chi connectivity index (χ0v) is 20.7. The fourth-order valence-electron chi connectivity index (χ4n) is 5.82. The van der Waals surface area contributed by atoms with Crippen LogP contribution in [0.2, 0.25) is 0 Å². The van der Waals surface area contributed by atoms with Crippen molar-refractivity contribution < 1.29 is 19.8 Å². The van der Waals surface area contributed by atoms with Crippen molar-refractivity contribution in [3.63, 3.8) is 0 Å². The Hall–Kier alpha value is -3.20. The van der Waals surface area contributed by atoms with Gasteiger partial charge in [0.15, 0.2) is 0 Å². The first-order valence-corrected chi connectivity index (χ1v) is 12.5. The zero-order chi connectivity index (χ0) is 25.7. The lowest BCUT2D eigenvalue weighted by Gasteiger charge is -2.43. The quantitative estimate of drug-likeness (QED) is 0.373. The number of rotatable bonds is 5. The molecule has 0 radical (unpaired) electrons. The number of nitrogens with zero attached hydrogens (tertiary/aromatic N) is 1. The van der Waals surface area contributed by atoms with E-state index in [1.165, 1.54) is 0 Å². The molecular formula is C28H34N4O4. The molecule has 3 atom stereocenters. The second-order valence-electron chi connectivity index (χ2n) is 10.8. The van der Waals surface area contributed by atoms with Crippen molar-refractivity contribution in [3.8, 4) is 0 Å². The summed E-state index contributed by atoms with van der Waals surface area (Å²) in [5, 5.41) is 25.5. The number of para-hydroxylation sites is 1. The monoisotopic (exact) mass is 490 g/mol. The number of piperidine rings is 1. The summed E-state index contributed by atoms with van der Waals surface area (Å²) in [6.45, 7) is 4.07. The Morgan fingerprint density at radius 1 is 1.14 bits per heavy atom. The Bertz CT molecular complexity index is 1290. The average molecular weight is 491 g/mol. The molecule has 3 aromatic rings.